The molecule has 2 aromatic rings. The van der Waals surface area contributed by atoms with E-state index < -0.39 is 0 Å². The molecular weight excluding hydrogens is 236 g/mol. The Morgan fingerprint density at radius 2 is 1.76 bits per heavy atom. The van der Waals surface area contributed by atoms with Gasteiger partial charge in [-0.1, -0.05) is 35.9 Å². The van der Waals surface area contributed by atoms with Gasteiger partial charge in [0.2, 0.25) is 0 Å². The molecule has 0 amide bonds. The fourth-order valence-electron chi connectivity index (χ4n) is 1.75. The van der Waals surface area contributed by atoms with Gasteiger partial charge < -0.3 is 9.47 Å². The summed E-state index contributed by atoms with van der Waals surface area (Å²) in [5, 5.41) is 2.83. The lowest BCUT2D eigenvalue weighted by Crippen LogP contribution is -2.01. The van der Waals surface area contributed by atoms with Gasteiger partial charge in [0.15, 0.2) is 0 Å². The van der Waals surface area contributed by atoms with E-state index in [1.165, 1.54) is 0 Å². The molecule has 0 saturated heterocycles. The number of hydrogen-bond acceptors (Lipinski definition) is 2. The van der Waals surface area contributed by atoms with Gasteiger partial charge in [0.1, 0.15) is 5.75 Å². The molecule has 0 aliphatic heterocycles. The molecule has 0 radical (unpaired) electrons. The van der Waals surface area contributed by atoms with E-state index >= 15 is 0 Å². The lowest BCUT2D eigenvalue weighted by atomic mass is 10.1. The van der Waals surface area contributed by atoms with Crippen LogP contribution >= 0.6 is 11.6 Å². The molecule has 0 saturated carbocycles. The minimum Gasteiger partial charge on any atom is -0.493 e. The van der Waals surface area contributed by atoms with Crippen LogP contribution < -0.4 is 4.74 Å². The van der Waals surface area contributed by atoms with Gasteiger partial charge >= 0.3 is 0 Å². The Kier molecular flexibility index (Phi) is 4.24. The van der Waals surface area contributed by atoms with Crippen molar-refractivity contribution >= 4 is 22.4 Å². The first-order valence-corrected chi connectivity index (χ1v) is 5.99. The number of ether oxygens (including phenoxy) is 2. The molecule has 2 aromatic carbocycles. The maximum absolute atomic E-state index is 6.14. The van der Waals surface area contributed by atoms with Crippen molar-refractivity contribution in [3.05, 3.63) is 41.4 Å². The van der Waals surface area contributed by atoms with Gasteiger partial charge in [0.25, 0.3) is 0 Å². The molecule has 0 bridgehead atoms. The Balaban J connectivity index is 2.20. The summed E-state index contributed by atoms with van der Waals surface area (Å²) in [6, 6.07) is 11.8. The van der Waals surface area contributed by atoms with Gasteiger partial charge in [-0.3, -0.25) is 0 Å². The van der Waals surface area contributed by atoms with Crippen molar-refractivity contribution < 1.29 is 9.47 Å². The average molecular weight is 251 g/mol. The first-order chi connectivity index (χ1) is 8.33. The number of benzene rings is 2. The summed E-state index contributed by atoms with van der Waals surface area (Å²) in [7, 11) is 1.69. The van der Waals surface area contributed by atoms with Crippen LogP contribution in [0.25, 0.3) is 10.8 Å². The SMILES string of the molecule is COCCCOc1ccc(Cl)c2ccccc12. The topological polar surface area (TPSA) is 18.5 Å². The van der Waals surface area contributed by atoms with Crippen molar-refractivity contribution in [3.63, 3.8) is 0 Å². The van der Waals surface area contributed by atoms with Crippen LogP contribution in [0.1, 0.15) is 6.42 Å². The predicted octanol–water partition coefficient (Wildman–Crippen LogP) is 3.91. The summed E-state index contributed by atoms with van der Waals surface area (Å²) in [4.78, 5) is 0. The van der Waals surface area contributed by atoms with E-state index in [2.05, 4.69) is 0 Å². The molecular formula is C14H15ClO2. The highest BCUT2D eigenvalue weighted by Crippen LogP contribution is 2.31. The zero-order chi connectivity index (χ0) is 12.1. The predicted molar refractivity (Wildman–Crippen MR) is 70.9 cm³/mol. The van der Waals surface area contributed by atoms with Gasteiger partial charge in [0.05, 0.1) is 6.61 Å². The number of rotatable bonds is 5. The van der Waals surface area contributed by atoms with E-state index in [4.69, 9.17) is 21.1 Å². The largest absolute Gasteiger partial charge is 0.493 e. The van der Waals surface area contributed by atoms with Crippen molar-refractivity contribution in [2.45, 2.75) is 6.42 Å². The molecule has 0 atom stereocenters. The normalized spacial score (nSPS) is 10.7. The summed E-state index contributed by atoms with van der Waals surface area (Å²) < 4.78 is 10.7. The van der Waals surface area contributed by atoms with Crippen LogP contribution in [0.5, 0.6) is 5.75 Å². The summed E-state index contributed by atoms with van der Waals surface area (Å²) >= 11 is 6.14. The number of fused-ring (bicyclic) bond motifs is 1. The van der Waals surface area contributed by atoms with Crippen LogP contribution in [0.15, 0.2) is 36.4 Å². The minimum absolute atomic E-state index is 0.652. The highest BCUT2D eigenvalue weighted by atomic mass is 35.5. The van der Waals surface area contributed by atoms with E-state index in [1.54, 1.807) is 7.11 Å². The van der Waals surface area contributed by atoms with E-state index in [-0.39, 0.29) is 0 Å². The molecule has 2 rings (SSSR count). The summed E-state index contributed by atoms with van der Waals surface area (Å²) in [6.07, 6.45) is 0.882. The molecule has 0 aliphatic rings. The van der Waals surface area contributed by atoms with Crippen LogP contribution in [0.4, 0.5) is 0 Å². The fourth-order valence-corrected chi connectivity index (χ4v) is 1.97. The maximum Gasteiger partial charge on any atom is 0.127 e. The first-order valence-electron chi connectivity index (χ1n) is 5.62. The molecule has 17 heavy (non-hydrogen) atoms. The molecule has 0 heterocycles. The smallest absolute Gasteiger partial charge is 0.127 e. The Labute approximate surface area is 106 Å². The highest BCUT2D eigenvalue weighted by molar-refractivity contribution is 6.35. The average Bonchev–Trinajstić information content (AvgIpc) is 2.37. The molecule has 90 valence electrons. The molecule has 0 unspecified atom stereocenters. The zero-order valence-electron chi connectivity index (χ0n) is 9.78. The molecule has 0 N–H and O–H groups in total. The van der Waals surface area contributed by atoms with Gasteiger partial charge in [-0.2, -0.15) is 0 Å². The van der Waals surface area contributed by atoms with Gasteiger partial charge in [-0.15, -0.1) is 0 Å². The Bertz CT molecular complexity index is 497. The third-order valence-corrected chi connectivity index (χ3v) is 2.91. The highest BCUT2D eigenvalue weighted by Gasteiger charge is 2.04. The van der Waals surface area contributed by atoms with Crippen molar-refractivity contribution in [1.82, 2.24) is 0 Å². The lowest BCUT2D eigenvalue weighted by molar-refractivity contribution is 0.172. The molecule has 3 heteroatoms. The van der Waals surface area contributed by atoms with E-state index in [0.29, 0.717) is 13.2 Å². The van der Waals surface area contributed by atoms with E-state index in [1.807, 2.05) is 36.4 Å². The van der Waals surface area contributed by atoms with Crippen molar-refractivity contribution in [1.29, 1.82) is 0 Å². The Hall–Kier alpha value is -1.25. The van der Waals surface area contributed by atoms with E-state index in [0.717, 1.165) is 28.0 Å². The second kappa shape index (κ2) is 5.89. The quantitative estimate of drug-likeness (QED) is 0.749. The second-order valence-electron chi connectivity index (χ2n) is 3.79. The summed E-state index contributed by atoms with van der Waals surface area (Å²) in [5.41, 5.74) is 0. The van der Waals surface area contributed by atoms with Crippen molar-refractivity contribution in [3.8, 4) is 5.75 Å². The fraction of sp³-hybridized carbons (Fsp3) is 0.286. The first kappa shape index (κ1) is 12.2. The van der Waals surface area contributed by atoms with Crippen LogP contribution in [0.3, 0.4) is 0 Å². The molecule has 2 nitrogen and oxygen atoms in total. The standard InChI is InChI=1S/C14H15ClO2/c1-16-9-4-10-17-14-8-7-13(15)11-5-2-3-6-12(11)14/h2-3,5-8H,4,9-10H2,1H3. The summed E-state index contributed by atoms with van der Waals surface area (Å²) in [6.45, 7) is 1.37. The number of methoxy groups -OCH3 is 1. The number of hydrogen-bond donors (Lipinski definition) is 0. The third-order valence-electron chi connectivity index (χ3n) is 2.58. The second-order valence-corrected chi connectivity index (χ2v) is 4.19. The lowest BCUT2D eigenvalue weighted by Gasteiger charge is -2.10. The van der Waals surface area contributed by atoms with Crippen molar-refractivity contribution in [2.75, 3.05) is 20.3 Å². The Morgan fingerprint density at radius 1 is 1.00 bits per heavy atom. The molecule has 0 spiro atoms. The third kappa shape index (κ3) is 2.90. The van der Waals surface area contributed by atoms with Gasteiger partial charge in [0, 0.05) is 35.9 Å². The zero-order valence-corrected chi connectivity index (χ0v) is 10.5. The van der Waals surface area contributed by atoms with Crippen LogP contribution in [-0.2, 0) is 4.74 Å². The van der Waals surface area contributed by atoms with Crippen molar-refractivity contribution in [2.24, 2.45) is 0 Å². The van der Waals surface area contributed by atoms with E-state index in [9.17, 15) is 0 Å². The molecule has 0 aliphatic carbocycles. The van der Waals surface area contributed by atoms with Gasteiger partial charge in [-0.25, -0.2) is 0 Å². The van der Waals surface area contributed by atoms with Crippen LogP contribution in [0.2, 0.25) is 5.02 Å². The number of halogens is 1. The minimum atomic E-state index is 0.652. The Morgan fingerprint density at radius 3 is 2.53 bits per heavy atom. The van der Waals surface area contributed by atoms with Gasteiger partial charge in [-0.05, 0) is 12.1 Å². The monoisotopic (exact) mass is 250 g/mol. The van der Waals surface area contributed by atoms with Crippen LogP contribution in [0, 0.1) is 0 Å². The maximum atomic E-state index is 6.14. The molecule has 0 fully saturated rings. The summed E-state index contributed by atoms with van der Waals surface area (Å²) in [5.74, 6) is 0.876. The van der Waals surface area contributed by atoms with Crippen LogP contribution in [-0.4, -0.2) is 20.3 Å². The molecule has 0 aromatic heterocycles.